The van der Waals surface area contributed by atoms with Gasteiger partial charge in [0.1, 0.15) is 18.2 Å². The van der Waals surface area contributed by atoms with E-state index in [4.69, 9.17) is 21.1 Å². The molecule has 11 heteroatoms. The smallest absolute Gasteiger partial charge is 0.414 e. The number of alkyl halides is 1. The number of hydrogen-bond donors (Lipinski definition) is 1. The van der Waals surface area contributed by atoms with Gasteiger partial charge >= 0.3 is 6.09 Å². The molecule has 0 fully saturated rings. The molecule has 4 heterocycles. The number of ether oxygens (including phenoxy) is 2. The molecule has 1 N–H and O–H groups in total. The Bertz CT molecular complexity index is 1120. The van der Waals surface area contributed by atoms with Crippen molar-refractivity contribution in [3.05, 3.63) is 30.9 Å². The molecule has 2 amide bonds. The third-order valence-corrected chi connectivity index (χ3v) is 4.50. The zero-order valence-electron chi connectivity index (χ0n) is 16.3. The van der Waals surface area contributed by atoms with Crippen molar-refractivity contribution >= 4 is 40.8 Å². The van der Waals surface area contributed by atoms with Crippen molar-refractivity contribution in [2.75, 3.05) is 29.2 Å². The van der Waals surface area contributed by atoms with Crippen LogP contribution in [0, 0.1) is 0 Å². The monoisotopic (exact) mass is 430 g/mol. The van der Waals surface area contributed by atoms with Crippen molar-refractivity contribution in [1.82, 2.24) is 19.4 Å². The van der Waals surface area contributed by atoms with E-state index in [1.807, 2.05) is 0 Å². The SMILES string of the molecule is CC(C)OC(=O)N1CCOc2ncc(-c3cn4cc(NC(=O)CCl)nc4cn3)cc21. The van der Waals surface area contributed by atoms with Crippen LogP contribution in [0.4, 0.5) is 16.3 Å². The molecule has 1 aliphatic heterocycles. The summed E-state index contributed by atoms with van der Waals surface area (Å²) >= 11 is 5.51. The Labute approximate surface area is 176 Å². The summed E-state index contributed by atoms with van der Waals surface area (Å²) < 4.78 is 12.6. The van der Waals surface area contributed by atoms with E-state index in [1.165, 1.54) is 4.90 Å². The number of carbonyl (C=O) groups excluding carboxylic acids is 2. The second-order valence-electron chi connectivity index (χ2n) is 6.83. The van der Waals surface area contributed by atoms with Gasteiger partial charge in [0.15, 0.2) is 11.5 Å². The maximum absolute atomic E-state index is 12.5. The highest BCUT2D eigenvalue weighted by molar-refractivity contribution is 6.29. The van der Waals surface area contributed by atoms with Crippen LogP contribution in [0.25, 0.3) is 16.9 Å². The molecule has 0 saturated carbocycles. The van der Waals surface area contributed by atoms with Crippen molar-refractivity contribution < 1.29 is 19.1 Å². The fourth-order valence-electron chi connectivity index (χ4n) is 2.98. The summed E-state index contributed by atoms with van der Waals surface area (Å²) in [5.41, 5.74) is 2.36. The van der Waals surface area contributed by atoms with Crippen LogP contribution in [0.3, 0.4) is 0 Å². The number of carbonyl (C=O) groups is 2. The summed E-state index contributed by atoms with van der Waals surface area (Å²) in [5, 5.41) is 2.60. The molecule has 0 atom stereocenters. The van der Waals surface area contributed by atoms with Gasteiger partial charge in [0.05, 0.1) is 30.7 Å². The van der Waals surface area contributed by atoms with Crippen LogP contribution in [-0.2, 0) is 9.53 Å². The first-order chi connectivity index (χ1) is 14.4. The molecular formula is C19H19ClN6O4. The van der Waals surface area contributed by atoms with Crippen LogP contribution in [0.2, 0.25) is 0 Å². The van der Waals surface area contributed by atoms with Crippen LogP contribution >= 0.6 is 11.6 Å². The zero-order valence-corrected chi connectivity index (χ0v) is 17.1. The van der Waals surface area contributed by atoms with Crippen LogP contribution < -0.4 is 15.0 Å². The lowest BCUT2D eigenvalue weighted by atomic mass is 10.2. The standard InChI is InChI=1S/C19H19ClN6O4/c1-11(2)30-19(28)26-3-4-29-18-14(26)5-12(7-22-18)13-9-25-10-15(24-17(27)6-20)23-16(25)8-21-13/h5,7-11H,3-4,6H2,1-2H3,(H,24,27). The molecule has 0 aliphatic carbocycles. The molecule has 0 unspecified atom stereocenters. The number of nitrogens with zero attached hydrogens (tertiary/aromatic N) is 5. The second-order valence-corrected chi connectivity index (χ2v) is 7.09. The minimum atomic E-state index is -0.453. The number of amides is 2. The number of nitrogens with one attached hydrogen (secondary N) is 1. The van der Waals surface area contributed by atoms with Crippen molar-refractivity contribution in [3.63, 3.8) is 0 Å². The lowest BCUT2D eigenvalue weighted by Gasteiger charge is -2.28. The topological polar surface area (TPSA) is 111 Å². The average molecular weight is 431 g/mol. The van der Waals surface area contributed by atoms with Crippen LogP contribution in [0.1, 0.15) is 13.8 Å². The maximum atomic E-state index is 12.5. The van der Waals surface area contributed by atoms with Gasteiger partial charge in [0.2, 0.25) is 11.8 Å². The molecule has 0 spiro atoms. The van der Waals surface area contributed by atoms with Gasteiger partial charge in [-0.15, -0.1) is 11.6 Å². The summed E-state index contributed by atoms with van der Waals surface area (Å²) in [4.78, 5) is 38.5. The number of rotatable bonds is 4. The van der Waals surface area contributed by atoms with Gasteiger partial charge in [-0.05, 0) is 19.9 Å². The first-order valence-corrected chi connectivity index (χ1v) is 9.80. The quantitative estimate of drug-likeness (QED) is 0.633. The average Bonchev–Trinajstić information content (AvgIpc) is 3.13. The molecule has 0 saturated heterocycles. The molecule has 156 valence electrons. The molecular weight excluding hydrogens is 412 g/mol. The molecule has 4 rings (SSSR count). The van der Waals surface area contributed by atoms with E-state index in [2.05, 4.69) is 20.3 Å². The number of hydrogen-bond acceptors (Lipinski definition) is 7. The molecule has 0 aromatic carbocycles. The lowest BCUT2D eigenvalue weighted by molar-refractivity contribution is -0.113. The minimum Gasteiger partial charge on any atom is -0.474 e. The van der Waals surface area contributed by atoms with Gasteiger partial charge in [-0.25, -0.2) is 14.8 Å². The molecule has 3 aromatic heterocycles. The first-order valence-electron chi connectivity index (χ1n) is 9.26. The number of aromatic nitrogens is 4. The normalized spacial score (nSPS) is 13.1. The summed E-state index contributed by atoms with van der Waals surface area (Å²) in [6, 6.07) is 1.78. The molecule has 0 radical (unpaired) electrons. The lowest BCUT2D eigenvalue weighted by Crippen LogP contribution is -2.39. The summed E-state index contributed by atoms with van der Waals surface area (Å²) in [6.07, 6.45) is 5.92. The Morgan fingerprint density at radius 3 is 2.90 bits per heavy atom. The maximum Gasteiger partial charge on any atom is 0.414 e. The fraction of sp³-hybridized carbons (Fsp3) is 0.316. The third kappa shape index (κ3) is 3.99. The van der Waals surface area contributed by atoms with Gasteiger partial charge < -0.3 is 19.2 Å². The number of imidazole rings is 1. The van der Waals surface area contributed by atoms with Crippen LogP contribution in [0.15, 0.2) is 30.9 Å². The number of anilines is 2. The van der Waals surface area contributed by atoms with E-state index in [0.29, 0.717) is 47.4 Å². The molecule has 0 bridgehead atoms. The van der Waals surface area contributed by atoms with Gasteiger partial charge in [-0.2, -0.15) is 0 Å². The Balaban J connectivity index is 1.66. The Hall–Kier alpha value is -3.40. The Kier molecular flexibility index (Phi) is 5.40. The first kappa shape index (κ1) is 19.9. The van der Waals surface area contributed by atoms with E-state index in [0.717, 1.165) is 0 Å². The van der Waals surface area contributed by atoms with Crippen molar-refractivity contribution in [3.8, 4) is 17.1 Å². The van der Waals surface area contributed by atoms with Crippen molar-refractivity contribution in [2.45, 2.75) is 20.0 Å². The number of fused-ring (bicyclic) bond motifs is 2. The number of pyridine rings is 1. The van der Waals surface area contributed by atoms with Crippen molar-refractivity contribution in [2.24, 2.45) is 0 Å². The zero-order chi connectivity index (χ0) is 21.3. The van der Waals surface area contributed by atoms with E-state index in [1.54, 1.807) is 49.1 Å². The van der Waals surface area contributed by atoms with Crippen LogP contribution in [-0.4, -0.2) is 56.5 Å². The minimum absolute atomic E-state index is 0.157. The highest BCUT2D eigenvalue weighted by Crippen LogP contribution is 2.33. The molecule has 30 heavy (non-hydrogen) atoms. The summed E-state index contributed by atoms with van der Waals surface area (Å²) in [7, 11) is 0. The Morgan fingerprint density at radius 1 is 1.30 bits per heavy atom. The second kappa shape index (κ2) is 8.15. The van der Waals surface area contributed by atoms with Crippen LogP contribution in [0.5, 0.6) is 5.88 Å². The number of halogens is 1. The van der Waals surface area contributed by atoms with Gasteiger partial charge in [0.25, 0.3) is 0 Å². The van der Waals surface area contributed by atoms with Gasteiger partial charge in [0, 0.05) is 18.0 Å². The molecule has 1 aliphatic rings. The predicted molar refractivity (Wildman–Crippen MR) is 110 cm³/mol. The molecule has 10 nitrogen and oxygen atoms in total. The third-order valence-electron chi connectivity index (χ3n) is 4.26. The van der Waals surface area contributed by atoms with E-state index in [9.17, 15) is 9.59 Å². The summed E-state index contributed by atoms with van der Waals surface area (Å²) in [6.45, 7) is 4.29. The van der Waals surface area contributed by atoms with Gasteiger partial charge in [-0.3, -0.25) is 14.7 Å². The van der Waals surface area contributed by atoms with E-state index < -0.39 is 6.09 Å². The largest absolute Gasteiger partial charge is 0.474 e. The van der Waals surface area contributed by atoms with Gasteiger partial charge in [-0.1, -0.05) is 0 Å². The fourth-order valence-corrected chi connectivity index (χ4v) is 3.05. The highest BCUT2D eigenvalue weighted by Gasteiger charge is 2.27. The van der Waals surface area contributed by atoms with Crippen molar-refractivity contribution in [1.29, 1.82) is 0 Å². The highest BCUT2D eigenvalue weighted by atomic mass is 35.5. The summed E-state index contributed by atoms with van der Waals surface area (Å²) in [5.74, 6) is 0.232. The Morgan fingerprint density at radius 2 is 2.13 bits per heavy atom. The predicted octanol–water partition coefficient (Wildman–Crippen LogP) is 2.71. The molecule has 3 aromatic rings. The van der Waals surface area contributed by atoms with E-state index >= 15 is 0 Å². The van der Waals surface area contributed by atoms with E-state index in [-0.39, 0.29) is 17.9 Å².